The second-order valence-corrected chi connectivity index (χ2v) is 15.5. The third-order valence-corrected chi connectivity index (χ3v) is 10.0. The van der Waals surface area contributed by atoms with Crippen molar-refractivity contribution in [1.82, 2.24) is 5.32 Å². The Balaban J connectivity index is 4.72. The molecular formula is C52H87NO5. The van der Waals surface area contributed by atoms with Gasteiger partial charge in [-0.25, -0.2) is 0 Å². The molecule has 3 N–H and O–H groups in total. The fourth-order valence-corrected chi connectivity index (χ4v) is 6.49. The van der Waals surface area contributed by atoms with E-state index in [2.05, 4.69) is 86.8 Å². The van der Waals surface area contributed by atoms with E-state index in [0.717, 1.165) is 89.9 Å². The highest BCUT2D eigenvalue weighted by molar-refractivity contribution is 5.77. The maximum absolute atomic E-state index is 13.1. The fraction of sp³-hybridized carbons (Fsp3) is 0.654. The van der Waals surface area contributed by atoms with Gasteiger partial charge in [0, 0.05) is 6.42 Å². The Bertz CT molecular complexity index is 1180. The molecule has 0 aliphatic carbocycles. The average Bonchev–Trinajstić information content (AvgIpc) is 3.22. The Kier molecular flexibility index (Phi) is 42.4. The Labute approximate surface area is 356 Å². The molecule has 0 rings (SSSR count). The summed E-state index contributed by atoms with van der Waals surface area (Å²) < 4.78 is 5.85. The number of nitrogens with one attached hydrogen (secondary N) is 1. The Morgan fingerprint density at radius 1 is 0.534 bits per heavy atom. The summed E-state index contributed by atoms with van der Waals surface area (Å²) in [6.45, 7) is 6.17. The van der Waals surface area contributed by atoms with Crippen molar-refractivity contribution in [1.29, 1.82) is 0 Å². The lowest BCUT2D eigenvalue weighted by Crippen LogP contribution is -2.46. The molecule has 0 aromatic carbocycles. The highest BCUT2D eigenvalue weighted by Gasteiger charge is 2.24. The molecule has 0 fully saturated rings. The fourth-order valence-electron chi connectivity index (χ4n) is 6.49. The predicted octanol–water partition coefficient (Wildman–Crippen LogP) is 13.8. The van der Waals surface area contributed by atoms with E-state index < -0.39 is 18.2 Å². The lowest BCUT2D eigenvalue weighted by Gasteiger charge is -2.24. The van der Waals surface area contributed by atoms with Crippen LogP contribution in [0.3, 0.4) is 0 Å². The van der Waals surface area contributed by atoms with Crippen LogP contribution in [0.5, 0.6) is 0 Å². The maximum Gasteiger partial charge on any atom is 0.306 e. The first-order chi connectivity index (χ1) is 28.5. The van der Waals surface area contributed by atoms with E-state index in [1.54, 1.807) is 0 Å². The first-order valence-electron chi connectivity index (χ1n) is 23.5. The molecule has 3 unspecified atom stereocenters. The van der Waals surface area contributed by atoms with Crippen molar-refractivity contribution in [3.63, 3.8) is 0 Å². The molecule has 58 heavy (non-hydrogen) atoms. The molecule has 330 valence electrons. The summed E-state index contributed by atoms with van der Waals surface area (Å²) >= 11 is 0. The van der Waals surface area contributed by atoms with Crippen molar-refractivity contribution >= 4 is 11.9 Å². The average molecular weight is 806 g/mol. The zero-order valence-electron chi connectivity index (χ0n) is 37.4. The Hall–Kier alpha value is -3.22. The van der Waals surface area contributed by atoms with Gasteiger partial charge in [0.25, 0.3) is 0 Å². The molecule has 0 bridgehead atoms. The summed E-state index contributed by atoms with van der Waals surface area (Å²) in [5, 5.41) is 23.6. The smallest absolute Gasteiger partial charge is 0.306 e. The number of carbonyl (C=O) groups is 2. The zero-order valence-corrected chi connectivity index (χ0v) is 37.4. The number of amides is 1. The highest BCUT2D eigenvalue weighted by Crippen LogP contribution is 2.16. The van der Waals surface area contributed by atoms with Crippen LogP contribution in [0.2, 0.25) is 0 Å². The van der Waals surface area contributed by atoms with Crippen LogP contribution in [0.4, 0.5) is 0 Å². The summed E-state index contributed by atoms with van der Waals surface area (Å²) in [6, 6.07) is -0.733. The van der Waals surface area contributed by atoms with Crippen molar-refractivity contribution in [2.45, 2.75) is 212 Å². The number of allylic oxidation sites excluding steroid dienone is 16. The number of aliphatic hydroxyl groups is 2. The molecule has 0 saturated heterocycles. The lowest BCUT2D eigenvalue weighted by molar-refractivity contribution is -0.151. The van der Waals surface area contributed by atoms with Gasteiger partial charge in [0.2, 0.25) is 5.91 Å². The molecule has 6 heteroatoms. The normalized spacial score (nSPS) is 14.2. The minimum absolute atomic E-state index is 0.0130. The van der Waals surface area contributed by atoms with Gasteiger partial charge in [0.1, 0.15) is 6.10 Å². The molecular weight excluding hydrogens is 719 g/mol. The van der Waals surface area contributed by atoms with Gasteiger partial charge in [0.05, 0.1) is 25.2 Å². The molecule has 6 nitrogen and oxygen atoms in total. The minimum Gasteiger partial charge on any atom is -0.462 e. The largest absolute Gasteiger partial charge is 0.462 e. The highest BCUT2D eigenvalue weighted by atomic mass is 16.5. The molecule has 0 aliphatic heterocycles. The topological polar surface area (TPSA) is 95.9 Å². The molecule has 0 spiro atoms. The van der Waals surface area contributed by atoms with Gasteiger partial charge in [-0.1, -0.05) is 201 Å². The third-order valence-electron chi connectivity index (χ3n) is 10.0. The quantitative estimate of drug-likeness (QED) is 0.0248. The molecule has 0 aromatic rings. The number of aliphatic hydroxyl groups excluding tert-OH is 2. The van der Waals surface area contributed by atoms with Crippen LogP contribution in [-0.4, -0.2) is 46.9 Å². The van der Waals surface area contributed by atoms with Crippen molar-refractivity contribution in [3.05, 3.63) is 97.2 Å². The summed E-state index contributed by atoms with van der Waals surface area (Å²) in [5.41, 5.74) is 0. The predicted molar refractivity (Wildman–Crippen MR) is 250 cm³/mol. The number of unbranched alkanes of at least 4 members (excludes halogenated alkanes) is 15. The second-order valence-electron chi connectivity index (χ2n) is 15.5. The molecule has 0 aliphatic rings. The van der Waals surface area contributed by atoms with E-state index in [1.807, 2.05) is 36.5 Å². The zero-order chi connectivity index (χ0) is 42.4. The number of hydrogen-bond acceptors (Lipinski definition) is 5. The molecule has 0 saturated carbocycles. The van der Waals surface area contributed by atoms with Gasteiger partial charge in [-0.2, -0.15) is 0 Å². The van der Waals surface area contributed by atoms with Crippen LogP contribution in [0, 0.1) is 0 Å². The first kappa shape index (κ1) is 54.8. The minimum atomic E-state index is -0.814. The maximum atomic E-state index is 13.1. The SMILES string of the molecule is CC/C=C/C=C/C=C\C=C/CCCC(CC(=O)NC(CO)C(O)CCCCCCCCCCCCCC)OC(=O)CCCCC/C=C/C/C=C/C/C=C/C/C=C/CC. The van der Waals surface area contributed by atoms with Gasteiger partial charge in [-0.3, -0.25) is 9.59 Å². The van der Waals surface area contributed by atoms with Crippen molar-refractivity contribution < 1.29 is 24.5 Å². The molecule has 1 amide bonds. The molecule has 0 radical (unpaired) electrons. The first-order valence-corrected chi connectivity index (χ1v) is 23.5. The van der Waals surface area contributed by atoms with Crippen LogP contribution >= 0.6 is 0 Å². The van der Waals surface area contributed by atoms with Crippen molar-refractivity contribution in [2.75, 3.05) is 6.61 Å². The van der Waals surface area contributed by atoms with E-state index in [4.69, 9.17) is 4.74 Å². The van der Waals surface area contributed by atoms with E-state index in [0.29, 0.717) is 19.3 Å². The van der Waals surface area contributed by atoms with E-state index in [1.165, 1.54) is 57.8 Å². The summed E-state index contributed by atoms with van der Waals surface area (Å²) in [6.07, 6.45) is 59.0. The number of esters is 1. The van der Waals surface area contributed by atoms with Crippen molar-refractivity contribution in [2.24, 2.45) is 0 Å². The summed E-state index contributed by atoms with van der Waals surface area (Å²) in [4.78, 5) is 26.0. The number of carbonyl (C=O) groups excluding carboxylic acids is 2. The van der Waals surface area contributed by atoms with Gasteiger partial charge in [0.15, 0.2) is 0 Å². The molecule has 3 atom stereocenters. The van der Waals surface area contributed by atoms with Crippen LogP contribution < -0.4 is 5.32 Å². The van der Waals surface area contributed by atoms with Crippen LogP contribution in [0.1, 0.15) is 194 Å². The van der Waals surface area contributed by atoms with Gasteiger partial charge in [-0.15, -0.1) is 0 Å². The van der Waals surface area contributed by atoms with E-state index in [-0.39, 0.29) is 24.9 Å². The van der Waals surface area contributed by atoms with Crippen LogP contribution in [0.25, 0.3) is 0 Å². The van der Waals surface area contributed by atoms with Crippen LogP contribution in [-0.2, 0) is 14.3 Å². The van der Waals surface area contributed by atoms with Gasteiger partial charge < -0.3 is 20.3 Å². The van der Waals surface area contributed by atoms with Gasteiger partial charge >= 0.3 is 5.97 Å². The lowest BCUT2D eigenvalue weighted by atomic mass is 10.0. The van der Waals surface area contributed by atoms with Crippen molar-refractivity contribution in [3.8, 4) is 0 Å². The summed E-state index contributed by atoms with van der Waals surface area (Å²) in [7, 11) is 0. The molecule has 0 aromatic heterocycles. The summed E-state index contributed by atoms with van der Waals surface area (Å²) in [5.74, 6) is -0.590. The van der Waals surface area contributed by atoms with Crippen LogP contribution in [0.15, 0.2) is 97.2 Å². The Morgan fingerprint density at radius 3 is 1.62 bits per heavy atom. The monoisotopic (exact) mass is 806 g/mol. The molecule has 0 heterocycles. The second kappa shape index (κ2) is 44.9. The van der Waals surface area contributed by atoms with E-state index >= 15 is 0 Å². The third kappa shape index (κ3) is 39.6. The number of hydrogen-bond donors (Lipinski definition) is 3. The Morgan fingerprint density at radius 2 is 1.03 bits per heavy atom. The van der Waals surface area contributed by atoms with Gasteiger partial charge in [-0.05, 0) is 77.0 Å². The number of ether oxygens (including phenoxy) is 1. The van der Waals surface area contributed by atoms with E-state index in [9.17, 15) is 19.8 Å². The number of rotatable bonds is 40. The standard InChI is InChI=1S/C52H87NO5/c1-4-7-10-13-16-19-22-24-25-26-27-30-33-36-39-42-45-52(57)58-48(43-40-37-34-31-28-21-18-15-12-9-6-3)46-51(56)53-49(47-54)50(55)44-41-38-35-32-29-23-20-17-14-11-8-5-2/h7,9-10,12,15-16,18-19,21,24-25,27-28,30-31,34,48-50,54-55H,4-6,8,11,13-14,17,20,22-23,26,29,32-33,35-47H2,1-3H3,(H,53,56)/b10-7+,12-9+,18-15+,19-16+,25-24+,28-21-,30-27+,34-31-.